The van der Waals surface area contributed by atoms with Crippen LogP contribution in [0.2, 0.25) is 0 Å². The van der Waals surface area contributed by atoms with Crippen LogP contribution in [0.15, 0.2) is 60.7 Å². The average Bonchev–Trinajstić information content (AvgIpc) is 2.31. The third-order valence-corrected chi connectivity index (χ3v) is 2.35. The average molecular weight is 196 g/mol. The molecule has 15 heavy (non-hydrogen) atoms. The number of hydrogen-bond donors (Lipinski definition) is 0. The Bertz CT molecular complexity index is 458. The molecule has 0 spiro atoms. The van der Waals surface area contributed by atoms with Gasteiger partial charge in [-0.1, -0.05) is 60.7 Å². The number of allylic oxidation sites excluding steroid dienone is 1. The Kier molecular flexibility index (Phi) is 2.99. The summed E-state index contributed by atoms with van der Waals surface area (Å²) in [7, 11) is 0. The van der Waals surface area contributed by atoms with Gasteiger partial charge in [0, 0.05) is 1.43 Å². The lowest BCUT2D eigenvalue weighted by Crippen LogP contribution is -1.78. The molecule has 0 amide bonds. The Balaban J connectivity index is 0.00000128. The van der Waals surface area contributed by atoms with E-state index >= 15 is 0 Å². The molecule has 0 N–H and O–H groups in total. The fraction of sp³-hybridized carbons (Fsp3) is 0.0667. The predicted molar refractivity (Wildman–Crippen MR) is 68.7 cm³/mol. The molecule has 0 heterocycles. The zero-order chi connectivity index (χ0) is 10.5. The SMILES string of the molecule is C/C=C\c1cccc(-c2ccccc2)c1.[HH]. The van der Waals surface area contributed by atoms with E-state index in [-0.39, 0.29) is 1.43 Å². The van der Waals surface area contributed by atoms with Gasteiger partial charge in [0.05, 0.1) is 0 Å². The number of hydrogen-bond acceptors (Lipinski definition) is 0. The summed E-state index contributed by atoms with van der Waals surface area (Å²) in [5.41, 5.74) is 3.79. The molecular formula is C15H16. The van der Waals surface area contributed by atoms with Crippen molar-refractivity contribution < 1.29 is 1.43 Å². The van der Waals surface area contributed by atoms with E-state index in [0.29, 0.717) is 0 Å². The van der Waals surface area contributed by atoms with Crippen LogP contribution >= 0.6 is 0 Å². The molecular weight excluding hydrogens is 180 g/mol. The maximum Gasteiger partial charge on any atom is 0 e. The summed E-state index contributed by atoms with van der Waals surface area (Å²) >= 11 is 0. The van der Waals surface area contributed by atoms with E-state index in [1.807, 2.05) is 13.0 Å². The minimum atomic E-state index is 0. The summed E-state index contributed by atoms with van der Waals surface area (Å²) in [6, 6.07) is 19.0. The maximum atomic E-state index is 2.20. The van der Waals surface area contributed by atoms with E-state index in [1.165, 1.54) is 16.7 Å². The molecule has 0 nitrogen and oxygen atoms in total. The summed E-state index contributed by atoms with van der Waals surface area (Å²) in [6.45, 7) is 2.04. The zero-order valence-electron chi connectivity index (χ0n) is 8.85. The molecule has 0 bridgehead atoms. The Morgan fingerprint density at radius 1 is 0.867 bits per heavy atom. The van der Waals surface area contributed by atoms with Crippen LogP contribution in [0.5, 0.6) is 0 Å². The van der Waals surface area contributed by atoms with Crippen LogP contribution in [0, 0.1) is 0 Å². The van der Waals surface area contributed by atoms with Crippen molar-refractivity contribution in [1.82, 2.24) is 0 Å². The van der Waals surface area contributed by atoms with E-state index in [2.05, 4.69) is 60.7 Å². The summed E-state index contributed by atoms with van der Waals surface area (Å²) in [6.07, 6.45) is 4.18. The summed E-state index contributed by atoms with van der Waals surface area (Å²) in [4.78, 5) is 0. The highest BCUT2D eigenvalue weighted by atomic mass is 14.0. The largest absolute Gasteiger partial charge is 0.0871 e. The first-order chi connectivity index (χ1) is 7.40. The lowest BCUT2D eigenvalue weighted by Gasteiger charge is -2.02. The quantitative estimate of drug-likeness (QED) is 0.656. The van der Waals surface area contributed by atoms with E-state index in [9.17, 15) is 0 Å². The van der Waals surface area contributed by atoms with Crippen molar-refractivity contribution in [3.05, 3.63) is 66.2 Å². The second-order valence-electron chi connectivity index (χ2n) is 3.49. The number of rotatable bonds is 2. The van der Waals surface area contributed by atoms with Gasteiger partial charge in [-0.15, -0.1) is 0 Å². The number of benzene rings is 2. The summed E-state index contributed by atoms with van der Waals surface area (Å²) < 4.78 is 0. The Labute approximate surface area is 92.4 Å². The third kappa shape index (κ3) is 2.35. The highest BCUT2D eigenvalue weighted by molar-refractivity contribution is 5.67. The predicted octanol–water partition coefficient (Wildman–Crippen LogP) is 4.63. The molecule has 0 radical (unpaired) electrons. The summed E-state index contributed by atoms with van der Waals surface area (Å²) in [5.74, 6) is 0. The maximum absolute atomic E-state index is 2.20. The molecule has 0 aliphatic carbocycles. The second-order valence-corrected chi connectivity index (χ2v) is 3.49. The van der Waals surface area contributed by atoms with Crippen LogP contribution in [0.1, 0.15) is 13.9 Å². The van der Waals surface area contributed by atoms with Crippen LogP contribution < -0.4 is 0 Å². The van der Waals surface area contributed by atoms with Crippen molar-refractivity contribution in [1.29, 1.82) is 0 Å². The van der Waals surface area contributed by atoms with Crippen molar-refractivity contribution in [2.45, 2.75) is 6.92 Å². The molecule has 2 aromatic carbocycles. The normalized spacial score (nSPS) is 10.7. The van der Waals surface area contributed by atoms with Crippen molar-refractivity contribution in [2.75, 3.05) is 0 Å². The fourth-order valence-corrected chi connectivity index (χ4v) is 1.64. The van der Waals surface area contributed by atoms with Crippen LogP contribution in [-0.4, -0.2) is 0 Å². The molecule has 0 aliphatic rings. The molecule has 0 atom stereocenters. The molecule has 0 saturated heterocycles. The standard InChI is InChI=1S/C15H14.H2/c1-2-7-13-8-6-11-15(12-13)14-9-4-3-5-10-14;/h2-12H,1H3;1H/b7-2-;. The van der Waals surface area contributed by atoms with Crippen molar-refractivity contribution in [2.24, 2.45) is 0 Å². The smallest absolute Gasteiger partial charge is 0 e. The molecule has 0 heteroatoms. The van der Waals surface area contributed by atoms with Gasteiger partial charge in [0.25, 0.3) is 0 Å². The van der Waals surface area contributed by atoms with Gasteiger partial charge < -0.3 is 0 Å². The summed E-state index contributed by atoms with van der Waals surface area (Å²) in [5, 5.41) is 0. The van der Waals surface area contributed by atoms with Crippen molar-refractivity contribution in [3.8, 4) is 11.1 Å². The van der Waals surface area contributed by atoms with Gasteiger partial charge in [-0.2, -0.15) is 0 Å². The Hall–Kier alpha value is -1.82. The van der Waals surface area contributed by atoms with Gasteiger partial charge >= 0.3 is 0 Å². The third-order valence-electron chi connectivity index (χ3n) is 2.35. The lowest BCUT2D eigenvalue weighted by molar-refractivity contribution is 1.59. The minimum absolute atomic E-state index is 0. The monoisotopic (exact) mass is 196 g/mol. The van der Waals surface area contributed by atoms with Crippen LogP contribution in [0.3, 0.4) is 0 Å². The Morgan fingerprint density at radius 2 is 1.60 bits per heavy atom. The first-order valence-electron chi connectivity index (χ1n) is 5.18. The first-order valence-corrected chi connectivity index (χ1v) is 5.18. The highest BCUT2D eigenvalue weighted by Crippen LogP contribution is 2.20. The van der Waals surface area contributed by atoms with E-state index in [1.54, 1.807) is 0 Å². The topological polar surface area (TPSA) is 0 Å². The van der Waals surface area contributed by atoms with E-state index in [4.69, 9.17) is 0 Å². The molecule has 2 rings (SSSR count). The zero-order valence-corrected chi connectivity index (χ0v) is 8.85. The molecule has 76 valence electrons. The lowest BCUT2D eigenvalue weighted by atomic mass is 10.0. The Morgan fingerprint density at radius 3 is 2.33 bits per heavy atom. The molecule has 0 unspecified atom stereocenters. The molecule has 0 saturated carbocycles. The van der Waals surface area contributed by atoms with Gasteiger partial charge in [-0.05, 0) is 29.7 Å². The van der Waals surface area contributed by atoms with Crippen molar-refractivity contribution in [3.63, 3.8) is 0 Å². The van der Waals surface area contributed by atoms with Crippen LogP contribution in [-0.2, 0) is 0 Å². The highest BCUT2D eigenvalue weighted by Gasteiger charge is 1.95. The minimum Gasteiger partial charge on any atom is -0.0871 e. The van der Waals surface area contributed by atoms with E-state index in [0.717, 1.165) is 0 Å². The molecule has 2 aromatic rings. The van der Waals surface area contributed by atoms with Gasteiger partial charge in [0.1, 0.15) is 0 Å². The van der Waals surface area contributed by atoms with Gasteiger partial charge in [0.2, 0.25) is 0 Å². The fourth-order valence-electron chi connectivity index (χ4n) is 1.64. The second kappa shape index (κ2) is 4.61. The van der Waals surface area contributed by atoms with Gasteiger partial charge in [-0.3, -0.25) is 0 Å². The molecule has 0 fully saturated rings. The van der Waals surface area contributed by atoms with E-state index < -0.39 is 0 Å². The van der Waals surface area contributed by atoms with Gasteiger partial charge in [0.15, 0.2) is 0 Å². The van der Waals surface area contributed by atoms with Crippen LogP contribution in [0.25, 0.3) is 17.2 Å². The van der Waals surface area contributed by atoms with Crippen molar-refractivity contribution >= 4 is 6.08 Å². The molecule has 0 aliphatic heterocycles. The van der Waals surface area contributed by atoms with Crippen LogP contribution in [0.4, 0.5) is 0 Å². The van der Waals surface area contributed by atoms with Gasteiger partial charge in [-0.25, -0.2) is 0 Å². The molecule has 0 aromatic heterocycles. The first kappa shape index (κ1) is 9.72.